The highest BCUT2D eigenvalue weighted by Crippen LogP contribution is 2.35. The van der Waals surface area contributed by atoms with E-state index in [-0.39, 0.29) is 17.2 Å². The summed E-state index contributed by atoms with van der Waals surface area (Å²) in [5.41, 5.74) is 0.507. The van der Waals surface area contributed by atoms with E-state index in [2.05, 4.69) is 26.1 Å². The minimum atomic E-state index is -0.453. The molecule has 2 unspecified atom stereocenters. The van der Waals surface area contributed by atoms with E-state index < -0.39 is 6.04 Å². The fourth-order valence-electron chi connectivity index (χ4n) is 3.37. The molecule has 0 radical (unpaired) electrons. The van der Waals surface area contributed by atoms with Gasteiger partial charge in [-0.1, -0.05) is 40.0 Å². The number of unbranched alkanes of at least 4 members (excludes halogenated alkanes) is 2. The first kappa shape index (κ1) is 23.4. The van der Waals surface area contributed by atoms with Gasteiger partial charge in [0.05, 0.1) is 19.6 Å². The molecule has 1 aromatic rings. The van der Waals surface area contributed by atoms with Crippen molar-refractivity contribution >= 4 is 23.6 Å². The van der Waals surface area contributed by atoms with Gasteiger partial charge in [0.25, 0.3) is 5.91 Å². The Morgan fingerprint density at radius 2 is 1.93 bits per heavy atom. The van der Waals surface area contributed by atoms with Crippen LogP contribution in [0.3, 0.4) is 0 Å². The van der Waals surface area contributed by atoms with Crippen LogP contribution in [0.15, 0.2) is 18.2 Å². The van der Waals surface area contributed by atoms with Gasteiger partial charge in [-0.3, -0.25) is 9.59 Å². The predicted molar refractivity (Wildman–Crippen MR) is 118 cm³/mol. The molecule has 2 atom stereocenters. The third kappa shape index (κ3) is 6.04. The van der Waals surface area contributed by atoms with Crippen molar-refractivity contribution in [1.82, 2.24) is 10.2 Å². The first-order valence-electron chi connectivity index (χ1n) is 10.4. The van der Waals surface area contributed by atoms with Crippen molar-refractivity contribution in [3.05, 3.63) is 23.8 Å². The summed E-state index contributed by atoms with van der Waals surface area (Å²) in [5.74, 6) is 1.86. The van der Waals surface area contributed by atoms with Crippen molar-refractivity contribution in [3.63, 3.8) is 0 Å². The van der Waals surface area contributed by atoms with Gasteiger partial charge in [-0.25, -0.2) is 0 Å². The number of thioether (sulfide) groups is 1. The summed E-state index contributed by atoms with van der Waals surface area (Å²) in [6.45, 7) is 6.89. The van der Waals surface area contributed by atoms with E-state index in [4.69, 9.17) is 9.47 Å². The molecule has 0 bridgehead atoms. The van der Waals surface area contributed by atoms with E-state index in [1.54, 1.807) is 49.1 Å². The summed E-state index contributed by atoms with van der Waals surface area (Å²) in [6, 6.07) is 4.70. The fraction of sp³-hybridized carbons (Fsp3) is 0.636. The maximum absolute atomic E-state index is 13.4. The van der Waals surface area contributed by atoms with E-state index in [0.29, 0.717) is 35.3 Å². The summed E-state index contributed by atoms with van der Waals surface area (Å²) < 4.78 is 10.6. The molecule has 6 nitrogen and oxygen atoms in total. The summed E-state index contributed by atoms with van der Waals surface area (Å²) in [4.78, 5) is 28.1. The Kier molecular flexibility index (Phi) is 9.14. The van der Waals surface area contributed by atoms with Crippen LogP contribution in [0.4, 0.5) is 0 Å². The van der Waals surface area contributed by atoms with Gasteiger partial charge in [0.2, 0.25) is 5.91 Å². The SMILES string of the molecule is CCCCCC1SCC(C(=O)NCC(C)C)N1C(=O)c1ccc(OC)c(OC)c1. The monoisotopic (exact) mass is 422 g/mol. The first-order chi connectivity index (χ1) is 13.9. The molecule has 0 aromatic heterocycles. The molecule has 0 spiro atoms. The lowest BCUT2D eigenvalue weighted by Crippen LogP contribution is -2.50. The molecule has 29 heavy (non-hydrogen) atoms. The van der Waals surface area contributed by atoms with Crippen molar-refractivity contribution in [2.75, 3.05) is 26.5 Å². The minimum Gasteiger partial charge on any atom is -0.493 e. The lowest BCUT2D eigenvalue weighted by Gasteiger charge is -2.29. The quantitative estimate of drug-likeness (QED) is 0.579. The zero-order chi connectivity index (χ0) is 21.4. The highest BCUT2D eigenvalue weighted by Gasteiger charge is 2.41. The molecular formula is C22H34N2O4S. The molecule has 1 aliphatic heterocycles. The molecule has 1 N–H and O–H groups in total. The second-order valence-electron chi connectivity index (χ2n) is 7.72. The highest BCUT2D eigenvalue weighted by molar-refractivity contribution is 8.00. The fourth-order valence-corrected chi connectivity index (χ4v) is 4.82. The Morgan fingerprint density at radius 1 is 1.21 bits per heavy atom. The van der Waals surface area contributed by atoms with Gasteiger partial charge in [-0.05, 0) is 30.5 Å². The average Bonchev–Trinajstić information content (AvgIpc) is 3.14. The molecule has 1 aliphatic rings. The topological polar surface area (TPSA) is 67.9 Å². The lowest BCUT2D eigenvalue weighted by atomic mass is 10.1. The van der Waals surface area contributed by atoms with Gasteiger partial charge in [0, 0.05) is 17.9 Å². The standard InChI is InChI=1S/C22H34N2O4S/c1-6-7-8-9-20-24(17(14-29-20)21(25)23-13-15(2)3)22(26)16-10-11-18(27-4)19(12-16)28-5/h10-12,15,17,20H,6-9,13-14H2,1-5H3,(H,23,25). The van der Waals surface area contributed by atoms with Crippen LogP contribution in [0.5, 0.6) is 11.5 Å². The molecular weight excluding hydrogens is 388 g/mol. The second-order valence-corrected chi connectivity index (χ2v) is 8.93. The zero-order valence-corrected chi connectivity index (χ0v) is 19.0. The lowest BCUT2D eigenvalue weighted by molar-refractivity contribution is -0.125. The van der Waals surface area contributed by atoms with Gasteiger partial charge >= 0.3 is 0 Å². The van der Waals surface area contributed by atoms with Gasteiger partial charge < -0.3 is 19.7 Å². The zero-order valence-electron chi connectivity index (χ0n) is 18.2. The van der Waals surface area contributed by atoms with Crippen molar-refractivity contribution in [2.24, 2.45) is 5.92 Å². The molecule has 162 valence electrons. The Bertz CT molecular complexity index is 695. The molecule has 2 rings (SSSR count). The van der Waals surface area contributed by atoms with Crippen LogP contribution in [0.2, 0.25) is 0 Å². The van der Waals surface area contributed by atoms with E-state index in [1.165, 1.54) is 0 Å². The Labute approximate surface area is 178 Å². The Morgan fingerprint density at radius 3 is 2.55 bits per heavy atom. The van der Waals surface area contributed by atoms with Gasteiger partial charge in [-0.2, -0.15) is 0 Å². The van der Waals surface area contributed by atoms with Gasteiger partial charge in [0.15, 0.2) is 11.5 Å². The number of methoxy groups -OCH3 is 2. The van der Waals surface area contributed by atoms with E-state index >= 15 is 0 Å². The summed E-state index contributed by atoms with van der Waals surface area (Å²) in [6.07, 6.45) is 4.19. The number of amides is 2. The first-order valence-corrected chi connectivity index (χ1v) is 11.4. The molecule has 1 aromatic carbocycles. The van der Waals surface area contributed by atoms with Crippen LogP contribution in [0.1, 0.15) is 56.8 Å². The smallest absolute Gasteiger partial charge is 0.255 e. The van der Waals surface area contributed by atoms with Crippen molar-refractivity contribution in [3.8, 4) is 11.5 Å². The molecule has 1 saturated heterocycles. The number of hydrogen-bond acceptors (Lipinski definition) is 5. The van der Waals surface area contributed by atoms with Gasteiger partial charge in [-0.15, -0.1) is 11.8 Å². The van der Waals surface area contributed by atoms with E-state index in [0.717, 1.165) is 25.7 Å². The summed E-state index contributed by atoms with van der Waals surface area (Å²) >= 11 is 1.70. The molecule has 2 amide bonds. The van der Waals surface area contributed by atoms with E-state index in [1.807, 2.05) is 0 Å². The van der Waals surface area contributed by atoms with Crippen molar-refractivity contribution in [1.29, 1.82) is 0 Å². The largest absolute Gasteiger partial charge is 0.493 e. The van der Waals surface area contributed by atoms with Crippen LogP contribution in [0.25, 0.3) is 0 Å². The maximum atomic E-state index is 13.4. The van der Waals surface area contributed by atoms with Crippen LogP contribution in [-0.4, -0.2) is 54.6 Å². The molecule has 7 heteroatoms. The summed E-state index contributed by atoms with van der Waals surface area (Å²) in [5, 5.41) is 3.01. The number of rotatable bonds is 10. The van der Waals surface area contributed by atoms with Crippen molar-refractivity contribution in [2.45, 2.75) is 57.9 Å². The Hall–Kier alpha value is -1.89. The van der Waals surface area contributed by atoms with Gasteiger partial charge in [0.1, 0.15) is 6.04 Å². The number of hydrogen-bond donors (Lipinski definition) is 1. The number of carbonyl (C=O) groups is 2. The molecule has 0 aliphatic carbocycles. The number of benzene rings is 1. The van der Waals surface area contributed by atoms with E-state index in [9.17, 15) is 9.59 Å². The van der Waals surface area contributed by atoms with Crippen LogP contribution < -0.4 is 14.8 Å². The molecule has 1 heterocycles. The minimum absolute atomic E-state index is 0.0111. The number of carbonyl (C=O) groups excluding carboxylic acids is 2. The Balaban J connectivity index is 2.26. The number of ether oxygens (including phenoxy) is 2. The summed E-state index contributed by atoms with van der Waals surface area (Å²) in [7, 11) is 3.11. The highest BCUT2D eigenvalue weighted by atomic mass is 32.2. The normalized spacial score (nSPS) is 18.8. The maximum Gasteiger partial charge on any atom is 0.255 e. The van der Waals surface area contributed by atoms with Crippen LogP contribution >= 0.6 is 11.8 Å². The number of nitrogens with zero attached hydrogens (tertiary/aromatic N) is 1. The molecule has 1 fully saturated rings. The second kappa shape index (κ2) is 11.3. The average molecular weight is 423 g/mol. The number of nitrogens with one attached hydrogen (secondary N) is 1. The third-order valence-electron chi connectivity index (χ3n) is 5.00. The van der Waals surface area contributed by atoms with Crippen LogP contribution in [0, 0.1) is 5.92 Å². The van der Waals surface area contributed by atoms with Crippen molar-refractivity contribution < 1.29 is 19.1 Å². The predicted octanol–water partition coefficient (Wildman–Crippen LogP) is 3.94. The molecule has 0 saturated carbocycles. The van der Waals surface area contributed by atoms with Crippen LogP contribution in [-0.2, 0) is 4.79 Å². The third-order valence-corrected chi connectivity index (χ3v) is 6.36.